The van der Waals surface area contributed by atoms with Crippen LogP contribution in [0.3, 0.4) is 0 Å². The van der Waals surface area contributed by atoms with Crippen LogP contribution in [0.25, 0.3) is 21.9 Å². The van der Waals surface area contributed by atoms with Crippen molar-refractivity contribution in [2.24, 2.45) is 0 Å². The first kappa shape index (κ1) is 47.8. The number of hydrogen-bond acceptors (Lipinski definition) is 4. The molecular formula is C68H76BN3O. The maximum absolute atomic E-state index is 6.89. The van der Waals surface area contributed by atoms with E-state index in [0.29, 0.717) is 0 Å². The summed E-state index contributed by atoms with van der Waals surface area (Å²) in [6.45, 7) is 38.0. The zero-order valence-electron chi connectivity index (χ0n) is 46.7. The number of rotatable bonds is 4. The summed E-state index contributed by atoms with van der Waals surface area (Å²) in [5.74, 6) is 0. The standard InChI is InChI=1S/C68H76BN3O/c1-41-35-45(65(9,10)11)36-42(2)60(41)71-54-39-49(70(47-27-23-43(24-28-47)63(3,4)5)48-29-25-44(26-30-48)64(6,7)8)40-55-59(54)69(52-31-32-57-58(62(52)71)50-21-17-18-22-56(50)73-57)53-38-46(66(12,13)14)37-51-61(53)72(55)68(16)34-20-19-33-67(51,68)15/h17-18,21-32,35-40H,19-20,33-34H2,1-16H3. The molecule has 0 amide bonds. The van der Waals surface area contributed by atoms with Crippen LogP contribution in [0.1, 0.15) is 162 Å². The third-order valence-electron chi connectivity index (χ3n) is 18.2. The largest absolute Gasteiger partial charge is 0.456 e. The lowest BCUT2D eigenvalue weighted by Crippen LogP contribution is -2.64. The lowest BCUT2D eigenvalue weighted by atomic mass is 9.33. The van der Waals surface area contributed by atoms with Crippen molar-refractivity contribution in [3.05, 3.63) is 160 Å². The number of benzene rings is 7. The van der Waals surface area contributed by atoms with Crippen LogP contribution in [0.15, 0.2) is 126 Å². The molecule has 0 N–H and O–H groups in total. The van der Waals surface area contributed by atoms with Crippen LogP contribution in [0.4, 0.5) is 45.5 Å². The van der Waals surface area contributed by atoms with Crippen molar-refractivity contribution in [3.8, 4) is 0 Å². The predicted molar refractivity (Wildman–Crippen MR) is 315 cm³/mol. The van der Waals surface area contributed by atoms with Gasteiger partial charge in [-0.1, -0.05) is 176 Å². The van der Waals surface area contributed by atoms with Gasteiger partial charge in [-0.25, -0.2) is 0 Å². The minimum atomic E-state index is -0.153. The summed E-state index contributed by atoms with van der Waals surface area (Å²) in [5.41, 5.74) is 25.2. The molecule has 0 saturated heterocycles. The Morgan fingerprint density at radius 3 is 1.64 bits per heavy atom. The van der Waals surface area contributed by atoms with Crippen LogP contribution in [-0.2, 0) is 27.1 Å². The normalized spacial score (nSPS) is 19.3. The van der Waals surface area contributed by atoms with Gasteiger partial charge in [-0.2, -0.15) is 0 Å². The van der Waals surface area contributed by atoms with Gasteiger partial charge in [-0.3, -0.25) is 0 Å². The number of aryl methyl sites for hydroxylation is 2. The summed E-state index contributed by atoms with van der Waals surface area (Å²) in [7, 11) is 0. The van der Waals surface area contributed by atoms with E-state index in [4.69, 9.17) is 4.42 Å². The molecule has 4 nitrogen and oxygen atoms in total. The molecule has 1 fully saturated rings. The molecule has 0 radical (unpaired) electrons. The summed E-state index contributed by atoms with van der Waals surface area (Å²) >= 11 is 0. The van der Waals surface area contributed by atoms with Gasteiger partial charge < -0.3 is 19.1 Å². The molecule has 8 aromatic rings. The zero-order chi connectivity index (χ0) is 51.7. The number of furan rings is 1. The van der Waals surface area contributed by atoms with E-state index in [-0.39, 0.29) is 39.3 Å². The van der Waals surface area contributed by atoms with Gasteiger partial charge in [0.25, 0.3) is 6.71 Å². The van der Waals surface area contributed by atoms with Crippen LogP contribution in [0.2, 0.25) is 0 Å². The van der Waals surface area contributed by atoms with E-state index < -0.39 is 0 Å². The molecule has 4 heterocycles. The maximum Gasteiger partial charge on any atom is 0.252 e. The van der Waals surface area contributed by atoms with E-state index in [1.54, 1.807) is 0 Å². The van der Waals surface area contributed by atoms with Crippen LogP contribution >= 0.6 is 0 Å². The lowest BCUT2D eigenvalue weighted by Gasteiger charge is -2.53. The molecule has 1 aliphatic carbocycles. The highest BCUT2D eigenvalue weighted by Crippen LogP contribution is 2.63. The van der Waals surface area contributed by atoms with Gasteiger partial charge in [0, 0.05) is 39.2 Å². The summed E-state index contributed by atoms with van der Waals surface area (Å²) in [6.07, 6.45) is 4.76. The fraction of sp³-hybridized carbons (Fsp3) is 0.382. The average molecular weight is 962 g/mol. The minimum Gasteiger partial charge on any atom is -0.456 e. The Morgan fingerprint density at radius 1 is 0.507 bits per heavy atom. The molecule has 1 aromatic heterocycles. The first-order valence-electron chi connectivity index (χ1n) is 27.3. The highest BCUT2D eigenvalue weighted by molar-refractivity contribution is 7.00. The Hall–Kier alpha value is -6.20. The number of para-hydroxylation sites is 1. The Morgan fingerprint density at radius 2 is 1.05 bits per heavy atom. The molecule has 0 spiro atoms. The first-order valence-corrected chi connectivity index (χ1v) is 27.3. The molecule has 1 saturated carbocycles. The van der Waals surface area contributed by atoms with Gasteiger partial charge in [0.05, 0.1) is 28.0 Å². The highest BCUT2D eigenvalue weighted by Gasteiger charge is 2.62. The van der Waals surface area contributed by atoms with E-state index >= 15 is 0 Å². The molecule has 2 atom stereocenters. The second-order valence-electron chi connectivity index (χ2n) is 27.1. The topological polar surface area (TPSA) is 22.9 Å². The van der Waals surface area contributed by atoms with E-state index in [1.165, 1.54) is 108 Å². The molecule has 4 aliphatic rings. The summed E-state index contributed by atoms with van der Waals surface area (Å²) < 4.78 is 6.89. The smallest absolute Gasteiger partial charge is 0.252 e. The molecular weight excluding hydrogens is 886 g/mol. The van der Waals surface area contributed by atoms with Crippen molar-refractivity contribution < 1.29 is 4.42 Å². The molecule has 12 rings (SSSR count). The first-order chi connectivity index (χ1) is 34.3. The fourth-order valence-electron chi connectivity index (χ4n) is 13.8. The SMILES string of the molecule is Cc1cc(C(C)(C)C)cc(C)c1N1c2cc(N(c3ccc(C(C)(C)C)cc3)c3ccc(C(C)(C)C)cc3)cc3c2B(c2cc(C(C)(C)C)cc4c2N3C2(C)CCCCC42C)c2ccc3oc4ccccc4c3c21. The summed E-state index contributed by atoms with van der Waals surface area (Å²) in [4.78, 5) is 8.16. The van der Waals surface area contributed by atoms with Crippen molar-refractivity contribution in [2.75, 3.05) is 14.7 Å². The van der Waals surface area contributed by atoms with Gasteiger partial charge in [0.1, 0.15) is 11.2 Å². The lowest BCUT2D eigenvalue weighted by molar-refractivity contribution is 0.195. The van der Waals surface area contributed by atoms with E-state index in [9.17, 15) is 0 Å². The Labute approximate surface area is 436 Å². The number of hydrogen-bond donors (Lipinski definition) is 0. The van der Waals surface area contributed by atoms with Crippen molar-refractivity contribution >= 4 is 90.5 Å². The Kier molecular flexibility index (Phi) is 10.3. The quantitative estimate of drug-likeness (QED) is 0.164. The molecule has 2 unspecified atom stereocenters. The zero-order valence-corrected chi connectivity index (χ0v) is 46.7. The highest BCUT2D eigenvalue weighted by atomic mass is 16.3. The van der Waals surface area contributed by atoms with Gasteiger partial charge in [-0.05, 0) is 159 Å². The molecule has 0 bridgehead atoms. The molecule has 7 aromatic carbocycles. The second kappa shape index (κ2) is 15.7. The molecule has 73 heavy (non-hydrogen) atoms. The minimum absolute atomic E-state index is 0.0122. The van der Waals surface area contributed by atoms with Crippen LogP contribution in [-0.4, -0.2) is 12.3 Å². The molecule has 5 heteroatoms. The van der Waals surface area contributed by atoms with Crippen LogP contribution < -0.4 is 31.1 Å². The van der Waals surface area contributed by atoms with E-state index in [1.807, 2.05) is 0 Å². The van der Waals surface area contributed by atoms with Crippen molar-refractivity contribution in [1.29, 1.82) is 0 Å². The Bertz CT molecular complexity index is 3490. The second-order valence-corrected chi connectivity index (χ2v) is 27.1. The average Bonchev–Trinajstić information content (AvgIpc) is 3.80. The number of fused-ring (bicyclic) bond motifs is 11. The Balaban J connectivity index is 1.26. The van der Waals surface area contributed by atoms with Crippen molar-refractivity contribution in [2.45, 2.75) is 169 Å². The molecule has 3 aliphatic heterocycles. The maximum atomic E-state index is 6.89. The van der Waals surface area contributed by atoms with Gasteiger partial charge in [-0.15, -0.1) is 0 Å². The number of anilines is 8. The third-order valence-corrected chi connectivity index (χ3v) is 18.2. The molecule has 372 valence electrons. The fourth-order valence-corrected chi connectivity index (χ4v) is 13.8. The van der Waals surface area contributed by atoms with E-state index in [2.05, 4.69) is 247 Å². The van der Waals surface area contributed by atoms with Gasteiger partial charge in [0.15, 0.2) is 0 Å². The van der Waals surface area contributed by atoms with Crippen LogP contribution in [0, 0.1) is 13.8 Å². The summed E-state index contributed by atoms with van der Waals surface area (Å²) in [5, 5.41) is 2.33. The van der Waals surface area contributed by atoms with Crippen molar-refractivity contribution in [3.63, 3.8) is 0 Å². The monoisotopic (exact) mass is 962 g/mol. The predicted octanol–water partition coefficient (Wildman–Crippen LogP) is 17.2. The van der Waals surface area contributed by atoms with Crippen molar-refractivity contribution in [1.82, 2.24) is 0 Å². The van der Waals surface area contributed by atoms with Gasteiger partial charge >= 0.3 is 0 Å². The van der Waals surface area contributed by atoms with E-state index in [0.717, 1.165) is 40.0 Å². The van der Waals surface area contributed by atoms with Gasteiger partial charge in [0.2, 0.25) is 0 Å². The number of nitrogens with zero attached hydrogens (tertiary/aromatic N) is 3. The summed E-state index contributed by atoms with van der Waals surface area (Å²) in [6, 6.07) is 47.6. The van der Waals surface area contributed by atoms with Crippen LogP contribution in [0.5, 0.6) is 0 Å². The third kappa shape index (κ3) is 6.99.